The molecule has 2 saturated heterocycles. The minimum Gasteiger partial charge on any atom is -0.342 e. The summed E-state index contributed by atoms with van der Waals surface area (Å²) in [5, 5.41) is 0. The van der Waals surface area contributed by atoms with Crippen LogP contribution in [0, 0.1) is 12.8 Å². The van der Waals surface area contributed by atoms with E-state index in [-0.39, 0.29) is 11.8 Å². The molecular weight excluding hydrogens is 388 g/mol. The second kappa shape index (κ2) is 8.28. The van der Waals surface area contributed by atoms with Gasteiger partial charge in [-0.2, -0.15) is 4.31 Å². The van der Waals surface area contributed by atoms with Crippen LogP contribution in [0.1, 0.15) is 37.3 Å². The zero-order valence-corrected chi connectivity index (χ0v) is 17.6. The summed E-state index contributed by atoms with van der Waals surface area (Å²) in [6, 6.07) is 7.36. The van der Waals surface area contributed by atoms with E-state index in [9.17, 15) is 13.2 Å². The van der Waals surface area contributed by atoms with Gasteiger partial charge in [-0.25, -0.2) is 13.4 Å². The molecule has 2 fully saturated rings. The van der Waals surface area contributed by atoms with Crippen LogP contribution in [0.3, 0.4) is 0 Å². The molecule has 4 rings (SSSR count). The number of amides is 1. The third kappa shape index (κ3) is 4.23. The van der Waals surface area contributed by atoms with Crippen molar-refractivity contribution in [2.24, 2.45) is 5.92 Å². The van der Waals surface area contributed by atoms with Crippen molar-refractivity contribution < 1.29 is 13.2 Å². The summed E-state index contributed by atoms with van der Waals surface area (Å²) in [5.74, 6) is 0.103. The summed E-state index contributed by atoms with van der Waals surface area (Å²) in [7, 11) is -3.49. The zero-order chi connectivity index (χ0) is 20.4. The van der Waals surface area contributed by atoms with Crippen LogP contribution in [0.2, 0.25) is 0 Å². The van der Waals surface area contributed by atoms with Gasteiger partial charge < -0.3 is 9.47 Å². The number of imidazole rings is 1. The van der Waals surface area contributed by atoms with Gasteiger partial charge in [-0.1, -0.05) is 17.7 Å². The maximum absolute atomic E-state index is 12.9. The van der Waals surface area contributed by atoms with Crippen LogP contribution in [0.5, 0.6) is 0 Å². The molecule has 29 heavy (non-hydrogen) atoms. The predicted octanol–water partition coefficient (Wildman–Crippen LogP) is 2.46. The van der Waals surface area contributed by atoms with Crippen LogP contribution >= 0.6 is 0 Å². The van der Waals surface area contributed by atoms with Gasteiger partial charge in [-0.15, -0.1) is 0 Å². The summed E-state index contributed by atoms with van der Waals surface area (Å²) in [5.41, 5.74) is 1.03. The Bertz CT molecular complexity index is 925. The lowest BCUT2D eigenvalue weighted by Gasteiger charge is -2.37. The van der Waals surface area contributed by atoms with Gasteiger partial charge in [-0.3, -0.25) is 4.79 Å². The highest BCUT2D eigenvalue weighted by atomic mass is 32.2. The Balaban J connectivity index is 1.31. The van der Waals surface area contributed by atoms with Crippen molar-refractivity contribution in [1.29, 1.82) is 0 Å². The van der Waals surface area contributed by atoms with Gasteiger partial charge in [0.05, 0.1) is 11.2 Å². The van der Waals surface area contributed by atoms with E-state index in [0.29, 0.717) is 36.9 Å². The summed E-state index contributed by atoms with van der Waals surface area (Å²) >= 11 is 0. The summed E-state index contributed by atoms with van der Waals surface area (Å²) in [6.45, 7) is 4.25. The molecule has 2 aromatic rings. The number of benzene rings is 1. The van der Waals surface area contributed by atoms with Gasteiger partial charge in [0, 0.05) is 50.5 Å². The third-order valence-electron chi connectivity index (χ3n) is 6.18. The van der Waals surface area contributed by atoms with Crippen molar-refractivity contribution in [1.82, 2.24) is 18.8 Å². The number of hydrogen-bond acceptors (Lipinski definition) is 4. The number of hydrogen-bond donors (Lipinski definition) is 0. The van der Waals surface area contributed by atoms with Gasteiger partial charge in [-0.05, 0) is 44.7 Å². The highest BCUT2D eigenvalue weighted by molar-refractivity contribution is 7.89. The van der Waals surface area contributed by atoms with E-state index in [2.05, 4.69) is 9.55 Å². The van der Waals surface area contributed by atoms with Gasteiger partial charge in [0.15, 0.2) is 0 Å². The Labute approximate surface area is 172 Å². The number of carbonyl (C=O) groups is 1. The van der Waals surface area contributed by atoms with E-state index in [1.807, 2.05) is 36.5 Å². The minimum absolute atomic E-state index is 0.0794. The number of rotatable bonds is 4. The average molecular weight is 417 g/mol. The fourth-order valence-corrected chi connectivity index (χ4v) is 5.80. The largest absolute Gasteiger partial charge is 0.342 e. The molecule has 8 heteroatoms. The van der Waals surface area contributed by atoms with Gasteiger partial charge in [0.1, 0.15) is 0 Å². The van der Waals surface area contributed by atoms with E-state index in [4.69, 9.17) is 0 Å². The Morgan fingerprint density at radius 3 is 2.24 bits per heavy atom. The molecule has 0 atom stereocenters. The summed E-state index contributed by atoms with van der Waals surface area (Å²) < 4.78 is 29.3. The number of aryl methyl sites for hydroxylation is 1. The molecule has 0 bridgehead atoms. The molecule has 7 nitrogen and oxygen atoms in total. The van der Waals surface area contributed by atoms with Gasteiger partial charge in [0.25, 0.3) is 0 Å². The van der Waals surface area contributed by atoms with Crippen molar-refractivity contribution in [3.63, 3.8) is 0 Å². The van der Waals surface area contributed by atoms with Gasteiger partial charge >= 0.3 is 0 Å². The Hall–Kier alpha value is -2.19. The molecular formula is C21H28N4O3S. The quantitative estimate of drug-likeness (QED) is 0.767. The molecule has 3 heterocycles. The fraction of sp³-hybridized carbons (Fsp3) is 0.524. The van der Waals surface area contributed by atoms with E-state index >= 15 is 0 Å². The molecule has 156 valence electrons. The Morgan fingerprint density at radius 2 is 1.66 bits per heavy atom. The second-order valence-electron chi connectivity index (χ2n) is 8.06. The maximum Gasteiger partial charge on any atom is 0.243 e. The van der Waals surface area contributed by atoms with Gasteiger partial charge in [0.2, 0.25) is 15.9 Å². The highest BCUT2D eigenvalue weighted by Crippen LogP contribution is 2.28. The molecule has 1 aromatic carbocycles. The normalized spacial score (nSPS) is 20.1. The number of aromatic nitrogens is 2. The van der Waals surface area contributed by atoms with Crippen molar-refractivity contribution in [3.05, 3.63) is 48.5 Å². The summed E-state index contributed by atoms with van der Waals surface area (Å²) in [4.78, 5) is 19.3. The molecule has 2 aliphatic rings. The Kier molecular flexibility index (Phi) is 5.74. The van der Waals surface area contributed by atoms with Crippen LogP contribution < -0.4 is 0 Å². The Morgan fingerprint density at radius 1 is 1.00 bits per heavy atom. The second-order valence-corrected chi connectivity index (χ2v) is 10.00. The fourth-order valence-electron chi connectivity index (χ4n) is 4.33. The topological polar surface area (TPSA) is 75.5 Å². The first-order valence-corrected chi connectivity index (χ1v) is 11.7. The van der Waals surface area contributed by atoms with Crippen LogP contribution in [0.4, 0.5) is 0 Å². The smallest absolute Gasteiger partial charge is 0.243 e. The number of likely N-dealkylation sites (tertiary alicyclic amines) is 1. The number of carbonyl (C=O) groups excluding carboxylic acids is 1. The average Bonchev–Trinajstić information content (AvgIpc) is 3.29. The van der Waals surface area contributed by atoms with Crippen LogP contribution in [0.15, 0.2) is 47.9 Å². The van der Waals surface area contributed by atoms with Crippen molar-refractivity contribution in [3.8, 4) is 0 Å². The molecule has 0 aliphatic carbocycles. The third-order valence-corrected chi connectivity index (χ3v) is 8.10. The SMILES string of the molecule is Cc1ccc(S(=O)(=O)N2CCC(C(=O)N3CCC(n4ccnc4)CC3)CC2)cc1. The van der Waals surface area contributed by atoms with Crippen LogP contribution in [0.25, 0.3) is 0 Å². The monoisotopic (exact) mass is 416 g/mol. The molecule has 1 aromatic heterocycles. The molecule has 2 aliphatic heterocycles. The molecule has 0 N–H and O–H groups in total. The lowest BCUT2D eigenvalue weighted by atomic mass is 9.95. The zero-order valence-electron chi connectivity index (χ0n) is 16.8. The van der Waals surface area contributed by atoms with Crippen LogP contribution in [-0.2, 0) is 14.8 Å². The first-order valence-electron chi connectivity index (χ1n) is 10.3. The maximum atomic E-state index is 12.9. The summed E-state index contributed by atoms with van der Waals surface area (Å²) in [6.07, 6.45) is 8.65. The molecule has 1 amide bonds. The lowest BCUT2D eigenvalue weighted by molar-refractivity contribution is -0.138. The standard InChI is InChI=1S/C21H28N4O3S/c1-17-2-4-20(5-3-17)29(27,28)25-13-6-18(7-14-25)21(26)23-11-8-19(9-12-23)24-15-10-22-16-24/h2-5,10,15-16,18-19H,6-9,11-14H2,1H3. The van der Waals surface area contributed by atoms with Crippen LogP contribution in [-0.4, -0.2) is 59.3 Å². The number of nitrogens with zero attached hydrogens (tertiary/aromatic N) is 4. The number of piperidine rings is 2. The van der Waals surface area contributed by atoms with E-state index < -0.39 is 10.0 Å². The molecule has 0 unspecified atom stereocenters. The molecule has 0 saturated carbocycles. The predicted molar refractivity (Wildman–Crippen MR) is 110 cm³/mol. The first-order chi connectivity index (χ1) is 13.9. The van der Waals surface area contributed by atoms with E-state index in [1.165, 1.54) is 4.31 Å². The van der Waals surface area contributed by atoms with Crippen molar-refractivity contribution >= 4 is 15.9 Å². The number of sulfonamides is 1. The minimum atomic E-state index is -3.49. The van der Waals surface area contributed by atoms with Crippen molar-refractivity contribution in [2.75, 3.05) is 26.2 Å². The highest BCUT2D eigenvalue weighted by Gasteiger charge is 2.34. The van der Waals surface area contributed by atoms with Crippen molar-refractivity contribution in [2.45, 2.75) is 43.5 Å². The van der Waals surface area contributed by atoms with E-state index in [1.54, 1.807) is 18.3 Å². The molecule has 0 spiro atoms. The first kappa shape index (κ1) is 20.1. The van der Waals surface area contributed by atoms with E-state index in [0.717, 1.165) is 31.5 Å². The lowest BCUT2D eigenvalue weighted by Crippen LogP contribution is -2.46. The molecule has 0 radical (unpaired) electrons.